The second-order valence-electron chi connectivity index (χ2n) is 4.61. The van der Waals surface area contributed by atoms with Crippen molar-refractivity contribution >= 4 is 22.6 Å². The molecule has 1 aromatic carbocycles. The third-order valence-electron chi connectivity index (χ3n) is 3.29. The molecule has 2 heterocycles. The molecule has 3 rings (SSSR count). The van der Waals surface area contributed by atoms with E-state index in [-0.39, 0.29) is 0 Å². The molecule has 3 nitrogen and oxygen atoms in total. The summed E-state index contributed by atoms with van der Waals surface area (Å²) >= 11 is 5.99. The van der Waals surface area contributed by atoms with Gasteiger partial charge < -0.3 is 10.2 Å². The molecule has 0 amide bonds. The Balaban J connectivity index is 2.09. The summed E-state index contributed by atoms with van der Waals surface area (Å²) in [5, 5.41) is 1.56. The van der Waals surface area contributed by atoms with Crippen LogP contribution >= 0.6 is 11.6 Å². The molecule has 5 heteroatoms. The van der Waals surface area contributed by atoms with E-state index in [0.717, 1.165) is 22.7 Å². The number of halogens is 2. The Kier molecular flexibility index (Phi) is 3.20. The minimum atomic E-state index is -0.540. The highest BCUT2D eigenvalue weighted by atomic mass is 35.5. The first kappa shape index (κ1) is 13.1. The van der Waals surface area contributed by atoms with E-state index in [1.807, 2.05) is 13.0 Å². The van der Waals surface area contributed by atoms with Crippen molar-refractivity contribution in [3.05, 3.63) is 64.4 Å². The average Bonchev–Trinajstić information content (AvgIpc) is 2.76. The topological polar surface area (TPSA) is 52.0 Å². The summed E-state index contributed by atoms with van der Waals surface area (Å²) in [7, 11) is 0. The van der Waals surface area contributed by atoms with Crippen molar-refractivity contribution in [1.82, 2.24) is 4.98 Å². The molecule has 0 spiro atoms. The Morgan fingerprint density at radius 2 is 2.10 bits per heavy atom. The Hall–Kier alpha value is -1.91. The van der Waals surface area contributed by atoms with Gasteiger partial charge in [-0.1, -0.05) is 11.6 Å². The van der Waals surface area contributed by atoms with Gasteiger partial charge in [-0.25, -0.2) is 4.39 Å². The summed E-state index contributed by atoms with van der Waals surface area (Å²) in [6.07, 6.45) is 1.14. The van der Waals surface area contributed by atoms with Crippen molar-refractivity contribution in [3.8, 4) is 0 Å². The predicted molar refractivity (Wildman–Crippen MR) is 76.2 cm³/mol. The van der Waals surface area contributed by atoms with Gasteiger partial charge in [0.05, 0.1) is 11.9 Å². The van der Waals surface area contributed by atoms with E-state index in [0.29, 0.717) is 16.5 Å². The third kappa shape index (κ3) is 2.17. The number of aryl methyl sites for hydroxylation is 1. The summed E-state index contributed by atoms with van der Waals surface area (Å²) < 4.78 is 18.7. The first-order valence-corrected chi connectivity index (χ1v) is 6.49. The van der Waals surface area contributed by atoms with Crippen LogP contribution in [0, 0.1) is 12.7 Å². The van der Waals surface area contributed by atoms with Crippen LogP contribution in [0.15, 0.2) is 40.9 Å². The van der Waals surface area contributed by atoms with E-state index in [4.69, 9.17) is 21.8 Å². The fourth-order valence-corrected chi connectivity index (χ4v) is 2.39. The zero-order valence-corrected chi connectivity index (χ0v) is 11.5. The van der Waals surface area contributed by atoms with Crippen molar-refractivity contribution in [2.24, 2.45) is 5.73 Å². The molecule has 0 saturated carbocycles. The molecule has 0 radical (unpaired) electrons. The Bertz CT molecular complexity index is 767. The number of rotatable bonds is 2. The van der Waals surface area contributed by atoms with E-state index in [2.05, 4.69) is 4.98 Å². The standard InChI is InChI=1S/C15H12ClFN2O/c1-8-11-6-9(16)2-5-13(11)20-15(8)14(18)12-4-3-10(17)7-19-12/h2-7,14H,18H2,1H3. The van der Waals surface area contributed by atoms with E-state index < -0.39 is 11.9 Å². The molecule has 102 valence electrons. The molecule has 0 bridgehead atoms. The van der Waals surface area contributed by atoms with Gasteiger partial charge in [0.2, 0.25) is 0 Å². The van der Waals surface area contributed by atoms with Gasteiger partial charge in [-0.15, -0.1) is 0 Å². The summed E-state index contributed by atoms with van der Waals surface area (Å²) in [5.41, 5.74) is 8.35. The molecule has 0 aliphatic rings. The van der Waals surface area contributed by atoms with Gasteiger partial charge in [0.15, 0.2) is 0 Å². The van der Waals surface area contributed by atoms with Crippen LogP contribution in [0.2, 0.25) is 5.02 Å². The fraction of sp³-hybridized carbons (Fsp3) is 0.133. The number of nitrogens with zero attached hydrogens (tertiary/aromatic N) is 1. The molecular formula is C15H12ClFN2O. The molecule has 20 heavy (non-hydrogen) atoms. The lowest BCUT2D eigenvalue weighted by molar-refractivity contribution is 0.515. The van der Waals surface area contributed by atoms with Gasteiger partial charge in [-0.2, -0.15) is 0 Å². The van der Waals surface area contributed by atoms with Crippen LogP contribution < -0.4 is 5.73 Å². The zero-order chi connectivity index (χ0) is 14.3. The van der Waals surface area contributed by atoms with Crippen LogP contribution in [0.25, 0.3) is 11.0 Å². The Morgan fingerprint density at radius 1 is 1.30 bits per heavy atom. The first-order valence-electron chi connectivity index (χ1n) is 6.12. The van der Waals surface area contributed by atoms with E-state index >= 15 is 0 Å². The Labute approximate surface area is 120 Å². The van der Waals surface area contributed by atoms with Crippen molar-refractivity contribution in [2.45, 2.75) is 13.0 Å². The number of furan rings is 1. The van der Waals surface area contributed by atoms with Crippen LogP contribution in [-0.2, 0) is 0 Å². The van der Waals surface area contributed by atoms with Crippen LogP contribution in [0.1, 0.15) is 23.1 Å². The monoisotopic (exact) mass is 290 g/mol. The number of hydrogen-bond donors (Lipinski definition) is 1. The number of hydrogen-bond acceptors (Lipinski definition) is 3. The number of fused-ring (bicyclic) bond motifs is 1. The smallest absolute Gasteiger partial charge is 0.141 e. The van der Waals surface area contributed by atoms with Gasteiger partial charge in [0.25, 0.3) is 0 Å². The number of nitrogens with two attached hydrogens (primary N) is 1. The van der Waals surface area contributed by atoms with E-state index in [1.165, 1.54) is 6.07 Å². The highest BCUT2D eigenvalue weighted by Gasteiger charge is 2.19. The highest BCUT2D eigenvalue weighted by molar-refractivity contribution is 6.31. The van der Waals surface area contributed by atoms with Crippen molar-refractivity contribution < 1.29 is 8.81 Å². The van der Waals surface area contributed by atoms with Crippen molar-refractivity contribution in [1.29, 1.82) is 0 Å². The molecular weight excluding hydrogens is 279 g/mol. The van der Waals surface area contributed by atoms with Gasteiger partial charge in [0, 0.05) is 16.0 Å². The molecule has 1 unspecified atom stereocenters. The summed E-state index contributed by atoms with van der Waals surface area (Å²) in [4.78, 5) is 4.00. The molecule has 2 N–H and O–H groups in total. The molecule has 0 saturated heterocycles. The zero-order valence-electron chi connectivity index (χ0n) is 10.7. The second-order valence-corrected chi connectivity index (χ2v) is 5.05. The third-order valence-corrected chi connectivity index (χ3v) is 3.52. The van der Waals surface area contributed by atoms with Crippen LogP contribution in [-0.4, -0.2) is 4.98 Å². The van der Waals surface area contributed by atoms with Gasteiger partial charge in [-0.3, -0.25) is 4.98 Å². The first-order chi connectivity index (χ1) is 9.56. The van der Waals surface area contributed by atoms with Crippen molar-refractivity contribution in [3.63, 3.8) is 0 Å². The Morgan fingerprint density at radius 3 is 2.80 bits per heavy atom. The minimum absolute atomic E-state index is 0.394. The SMILES string of the molecule is Cc1c(C(N)c2ccc(F)cn2)oc2ccc(Cl)cc12. The van der Waals surface area contributed by atoms with Crippen LogP contribution in [0.5, 0.6) is 0 Å². The molecule has 0 aliphatic heterocycles. The lowest BCUT2D eigenvalue weighted by atomic mass is 10.1. The second kappa shape index (κ2) is 4.89. The maximum atomic E-state index is 12.9. The van der Waals surface area contributed by atoms with Gasteiger partial charge in [-0.05, 0) is 37.3 Å². The van der Waals surface area contributed by atoms with E-state index in [9.17, 15) is 4.39 Å². The average molecular weight is 291 g/mol. The van der Waals surface area contributed by atoms with E-state index in [1.54, 1.807) is 18.2 Å². The lowest BCUT2D eigenvalue weighted by Gasteiger charge is -2.09. The minimum Gasteiger partial charge on any atom is -0.459 e. The van der Waals surface area contributed by atoms with Crippen LogP contribution in [0.3, 0.4) is 0 Å². The number of aromatic nitrogens is 1. The summed E-state index contributed by atoms with van der Waals surface area (Å²) in [6, 6.07) is 7.75. The fourth-order valence-electron chi connectivity index (χ4n) is 2.21. The largest absolute Gasteiger partial charge is 0.459 e. The summed E-state index contributed by atoms with van der Waals surface area (Å²) in [6.45, 7) is 1.92. The van der Waals surface area contributed by atoms with Gasteiger partial charge in [0.1, 0.15) is 23.2 Å². The molecule has 2 aromatic heterocycles. The normalized spacial score (nSPS) is 12.8. The van der Waals surface area contributed by atoms with Crippen molar-refractivity contribution in [2.75, 3.05) is 0 Å². The van der Waals surface area contributed by atoms with Crippen LogP contribution in [0.4, 0.5) is 4.39 Å². The lowest BCUT2D eigenvalue weighted by Crippen LogP contribution is -2.13. The summed E-state index contributed by atoms with van der Waals surface area (Å²) in [5.74, 6) is 0.218. The highest BCUT2D eigenvalue weighted by Crippen LogP contribution is 2.32. The molecule has 0 fully saturated rings. The van der Waals surface area contributed by atoms with Gasteiger partial charge >= 0.3 is 0 Å². The molecule has 0 aliphatic carbocycles. The number of benzene rings is 1. The molecule has 1 atom stereocenters. The predicted octanol–water partition coefficient (Wildman–Crippen LogP) is 3.98. The maximum Gasteiger partial charge on any atom is 0.141 e. The number of pyridine rings is 1. The quantitative estimate of drug-likeness (QED) is 0.777. The maximum absolute atomic E-state index is 12.9. The molecule has 3 aromatic rings.